The smallest absolute Gasteiger partial charge is 0.279 e. The minimum atomic E-state index is -3.60. The number of hydrogen-bond donors (Lipinski definition) is 0. The van der Waals surface area contributed by atoms with Crippen molar-refractivity contribution in [3.63, 3.8) is 0 Å². The van der Waals surface area contributed by atoms with Crippen molar-refractivity contribution in [1.82, 2.24) is 8.87 Å². The van der Waals surface area contributed by atoms with Crippen LogP contribution in [0.3, 0.4) is 0 Å². The number of sulfonamides is 1. The summed E-state index contributed by atoms with van der Waals surface area (Å²) in [5, 5.41) is 0. The van der Waals surface area contributed by atoms with Crippen molar-refractivity contribution in [2.45, 2.75) is 43.7 Å². The van der Waals surface area contributed by atoms with E-state index in [0.29, 0.717) is 48.2 Å². The van der Waals surface area contributed by atoms with Crippen molar-refractivity contribution in [1.29, 1.82) is 0 Å². The lowest BCUT2D eigenvalue weighted by atomic mass is 10.1. The van der Waals surface area contributed by atoms with E-state index >= 15 is 0 Å². The van der Waals surface area contributed by atoms with E-state index in [9.17, 15) is 13.2 Å². The summed E-state index contributed by atoms with van der Waals surface area (Å²) < 4.78 is 41.9. The Bertz CT molecular complexity index is 1450. The Morgan fingerprint density at radius 3 is 2.57 bits per heavy atom. The molecule has 0 bridgehead atoms. The maximum atomic E-state index is 13.1. The summed E-state index contributed by atoms with van der Waals surface area (Å²) >= 11 is 1.38. The third-order valence-electron chi connectivity index (χ3n) is 6.31. The van der Waals surface area contributed by atoms with E-state index in [1.54, 1.807) is 10.4 Å². The molecule has 184 valence electrons. The molecule has 1 saturated heterocycles. The van der Waals surface area contributed by atoms with Crippen LogP contribution in [0.5, 0.6) is 11.5 Å². The highest BCUT2D eigenvalue weighted by atomic mass is 32.2. The number of hydrogen-bond acceptors (Lipinski definition) is 6. The zero-order chi connectivity index (χ0) is 24.6. The average Bonchev–Trinajstić information content (AvgIpc) is 3.18. The first-order valence-electron chi connectivity index (χ1n) is 11.6. The topological polar surface area (TPSA) is 90.2 Å². The molecule has 1 fully saturated rings. The van der Waals surface area contributed by atoms with Gasteiger partial charge in [0.05, 0.1) is 15.1 Å². The first kappa shape index (κ1) is 23.8. The minimum absolute atomic E-state index is 0.0280. The Morgan fingerprint density at radius 1 is 1.17 bits per heavy atom. The zero-order valence-electron chi connectivity index (χ0n) is 19.5. The number of fused-ring (bicyclic) bond motifs is 2. The number of carbonyl (C=O) groups excluding carboxylic acids is 1. The van der Waals surface area contributed by atoms with Crippen LogP contribution in [0.2, 0.25) is 0 Å². The molecule has 2 aliphatic rings. The van der Waals surface area contributed by atoms with E-state index in [4.69, 9.17) is 9.47 Å². The highest BCUT2D eigenvalue weighted by Gasteiger charge is 2.31. The van der Waals surface area contributed by atoms with Crippen molar-refractivity contribution in [3.05, 3.63) is 59.4 Å². The largest absolute Gasteiger partial charge is 0.486 e. The van der Waals surface area contributed by atoms with Gasteiger partial charge in [-0.2, -0.15) is 9.30 Å². The van der Waals surface area contributed by atoms with Gasteiger partial charge in [-0.3, -0.25) is 4.79 Å². The normalized spacial score (nSPS) is 19.1. The van der Waals surface area contributed by atoms with E-state index in [-0.39, 0.29) is 10.9 Å². The summed E-state index contributed by atoms with van der Waals surface area (Å²) in [5.41, 5.74) is 1.20. The van der Waals surface area contributed by atoms with Crippen LogP contribution in [-0.2, 0) is 16.6 Å². The molecule has 3 heterocycles. The molecular weight excluding hydrogens is 486 g/mol. The van der Waals surface area contributed by atoms with E-state index in [2.05, 4.69) is 11.6 Å². The van der Waals surface area contributed by atoms with Gasteiger partial charge in [0, 0.05) is 36.8 Å². The first-order valence-corrected chi connectivity index (χ1v) is 13.9. The molecule has 1 unspecified atom stereocenters. The molecular formula is C25H27N3O5S2. The van der Waals surface area contributed by atoms with E-state index in [1.807, 2.05) is 23.6 Å². The fourth-order valence-electron chi connectivity index (χ4n) is 4.48. The van der Waals surface area contributed by atoms with Gasteiger partial charge in [0.1, 0.15) is 13.2 Å². The standard InChI is InChI=1S/C25H27N3O5S2/c1-3-11-27-20-15-21-22(33-14-13-32-21)16-23(20)34-25(27)26-24(29)18-7-9-19(10-8-18)35(30,31)28-12-5-4-6-17(28)2/h3,7-10,15-17H,1,4-6,11-14H2,2H3. The van der Waals surface area contributed by atoms with Crippen LogP contribution in [-0.4, -0.2) is 49.0 Å². The predicted octanol–water partition coefficient (Wildman–Crippen LogP) is 3.96. The second kappa shape index (κ2) is 9.60. The number of carbonyl (C=O) groups is 1. The highest BCUT2D eigenvalue weighted by Crippen LogP contribution is 2.35. The van der Waals surface area contributed by atoms with E-state index < -0.39 is 15.9 Å². The average molecular weight is 514 g/mol. The monoisotopic (exact) mass is 513 g/mol. The molecule has 3 aromatic rings. The third-order valence-corrected chi connectivity index (χ3v) is 9.37. The molecule has 0 spiro atoms. The molecule has 0 aliphatic carbocycles. The molecule has 35 heavy (non-hydrogen) atoms. The van der Waals surface area contributed by atoms with Gasteiger partial charge in [0.15, 0.2) is 16.3 Å². The van der Waals surface area contributed by atoms with Crippen molar-refractivity contribution in [3.8, 4) is 11.5 Å². The molecule has 10 heteroatoms. The molecule has 1 atom stereocenters. The summed E-state index contributed by atoms with van der Waals surface area (Å²) in [7, 11) is -3.60. The van der Waals surface area contributed by atoms with Gasteiger partial charge in [-0.05, 0) is 44.0 Å². The van der Waals surface area contributed by atoms with Crippen LogP contribution in [0.15, 0.2) is 58.9 Å². The van der Waals surface area contributed by atoms with Crippen LogP contribution in [0.1, 0.15) is 36.5 Å². The predicted molar refractivity (Wildman–Crippen MR) is 135 cm³/mol. The third kappa shape index (κ3) is 4.53. The van der Waals surface area contributed by atoms with Crippen LogP contribution >= 0.6 is 11.3 Å². The summed E-state index contributed by atoms with van der Waals surface area (Å²) in [6, 6.07) is 9.81. The van der Waals surface area contributed by atoms with Gasteiger partial charge in [-0.1, -0.05) is 23.8 Å². The maximum Gasteiger partial charge on any atom is 0.279 e. The molecule has 1 amide bonds. The Hall–Kier alpha value is -2.95. The summed E-state index contributed by atoms with van der Waals surface area (Å²) in [6.07, 6.45) is 4.50. The minimum Gasteiger partial charge on any atom is -0.486 e. The number of allylic oxidation sites excluding steroid dienone is 1. The van der Waals surface area contributed by atoms with E-state index in [0.717, 1.165) is 29.5 Å². The Morgan fingerprint density at radius 2 is 1.89 bits per heavy atom. The molecule has 0 saturated carbocycles. The lowest BCUT2D eigenvalue weighted by Gasteiger charge is -2.32. The summed E-state index contributed by atoms with van der Waals surface area (Å²) in [5.74, 6) is 0.896. The maximum absolute atomic E-state index is 13.1. The van der Waals surface area contributed by atoms with Crippen molar-refractivity contribution in [2.24, 2.45) is 4.99 Å². The van der Waals surface area contributed by atoms with Crippen LogP contribution in [0.4, 0.5) is 0 Å². The number of rotatable bonds is 5. The fourth-order valence-corrected chi connectivity index (χ4v) is 7.23. The van der Waals surface area contributed by atoms with E-state index in [1.165, 1.54) is 35.6 Å². The Balaban J connectivity index is 1.47. The molecule has 8 nitrogen and oxygen atoms in total. The van der Waals surface area contributed by atoms with Gasteiger partial charge in [-0.25, -0.2) is 8.42 Å². The van der Waals surface area contributed by atoms with Gasteiger partial charge < -0.3 is 14.0 Å². The lowest BCUT2D eigenvalue weighted by Crippen LogP contribution is -2.41. The van der Waals surface area contributed by atoms with Crippen LogP contribution < -0.4 is 14.3 Å². The first-order chi connectivity index (χ1) is 16.9. The Kier molecular flexibility index (Phi) is 6.52. The number of aromatic nitrogens is 1. The molecule has 0 radical (unpaired) electrons. The van der Waals surface area contributed by atoms with Gasteiger partial charge >= 0.3 is 0 Å². The Labute approximate surface area is 208 Å². The quantitative estimate of drug-likeness (QED) is 0.482. The number of ether oxygens (including phenoxy) is 2. The SMILES string of the molecule is C=CCn1c(=NC(=O)c2ccc(S(=O)(=O)N3CCCCC3C)cc2)sc2cc3c(cc21)OCCO3. The van der Waals surface area contributed by atoms with Crippen molar-refractivity contribution >= 4 is 37.5 Å². The molecule has 0 N–H and O–H groups in total. The molecule has 1 aromatic heterocycles. The number of amides is 1. The number of nitrogens with zero attached hydrogens (tertiary/aromatic N) is 3. The highest BCUT2D eigenvalue weighted by molar-refractivity contribution is 7.89. The summed E-state index contributed by atoms with van der Waals surface area (Å²) in [4.78, 5) is 18.1. The van der Waals surface area contributed by atoms with Crippen LogP contribution in [0.25, 0.3) is 10.2 Å². The molecule has 2 aliphatic heterocycles. The lowest BCUT2D eigenvalue weighted by molar-refractivity contribution is 0.0997. The number of piperidine rings is 1. The zero-order valence-corrected chi connectivity index (χ0v) is 21.1. The van der Waals surface area contributed by atoms with Crippen molar-refractivity contribution < 1.29 is 22.7 Å². The second-order valence-corrected chi connectivity index (χ2v) is 11.5. The number of benzene rings is 2. The van der Waals surface area contributed by atoms with Gasteiger partial charge in [0.25, 0.3) is 5.91 Å². The second-order valence-electron chi connectivity index (χ2n) is 8.65. The van der Waals surface area contributed by atoms with Crippen LogP contribution in [0, 0.1) is 0 Å². The summed E-state index contributed by atoms with van der Waals surface area (Å²) in [6.45, 7) is 7.74. The molecule has 5 rings (SSSR count). The van der Waals surface area contributed by atoms with Gasteiger partial charge in [0.2, 0.25) is 10.0 Å². The van der Waals surface area contributed by atoms with Gasteiger partial charge in [-0.15, -0.1) is 6.58 Å². The number of thiazole rings is 1. The molecule has 2 aromatic carbocycles. The fraction of sp³-hybridized carbons (Fsp3) is 0.360. The van der Waals surface area contributed by atoms with Crippen molar-refractivity contribution in [2.75, 3.05) is 19.8 Å².